The van der Waals surface area contributed by atoms with Crippen LogP contribution < -0.4 is 10.6 Å². The molecule has 0 saturated carbocycles. The van der Waals surface area contributed by atoms with Crippen LogP contribution in [0, 0.1) is 12.7 Å². The minimum Gasteiger partial charge on any atom is -0.353 e. The number of amides is 3. The van der Waals surface area contributed by atoms with Crippen molar-refractivity contribution in [1.29, 1.82) is 0 Å². The van der Waals surface area contributed by atoms with Crippen LogP contribution in [0.5, 0.6) is 0 Å². The van der Waals surface area contributed by atoms with Gasteiger partial charge in [-0.05, 0) is 44.0 Å². The highest BCUT2D eigenvalue weighted by Crippen LogP contribution is 2.14. The molecule has 7 heteroatoms. The van der Waals surface area contributed by atoms with Crippen LogP contribution in [-0.2, 0) is 4.79 Å². The van der Waals surface area contributed by atoms with E-state index in [2.05, 4.69) is 10.6 Å². The fraction of sp³-hybridized carbons (Fsp3) is 0.556. The number of carbonyl (C=O) groups is 2. The highest BCUT2D eigenvalue weighted by molar-refractivity contribution is 5.89. The lowest BCUT2D eigenvalue weighted by atomic mass is 10.2. The van der Waals surface area contributed by atoms with Gasteiger partial charge in [0.25, 0.3) is 0 Å². The number of aryl methyl sites for hydroxylation is 1. The Hall–Kier alpha value is -2.15. The Morgan fingerprint density at radius 3 is 2.52 bits per heavy atom. The molecule has 2 N–H and O–H groups in total. The van der Waals surface area contributed by atoms with Gasteiger partial charge in [0.15, 0.2) is 0 Å². The van der Waals surface area contributed by atoms with Gasteiger partial charge in [-0.1, -0.05) is 6.92 Å². The first kappa shape index (κ1) is 19.2. The standard InChI is InChI=1S/C18H27FN4O2/c1-4-14(3)20-17(24)12-22-7-9-23(10-8-22)18(25)21-15-5-6-16(19)13(2)11-15/h5-6,11,14H,4,7-10,12H2,1-3H3,(H,20,24)(H,21,25). The fourth-order valence-electron chi connectivity index (χ4n) is 2.66. The minimum atomic E-state index is -0.290. The van der Waals surface area contributed by atoms with Crippen molar-refractivity contribution in [2.24, 2.45) is 0 Å². The van der Waals surface area contributed by atoms with E-state index in [-0.39, 0.29) is 23.8 Å². The van der Waals surface area contributed by atoms with Crippen molar-refractivity contribution in [1.82, 2.24) is 15.1 Å². The minimum absolute atomic E-state index is 0.0223. The number of hydrogen-bond acceptors (Lipinski definition) is 3. The number of benzene rings is 1. The summed E-state index contributed by atoms with van der Waals surface area (Å²) in [6.45, 7) is 8.46. The molecule has 25 heavy (non-hydrogen) atoms. The number of halogens is 1. The second kappa shape index (κ2) is 8.80. The molecule has 3 amide bonds. The summed E-state index contributed by atoms with van der Waals surface area (Å²) in [6.07, 6.45) is 0.905. The molecule has 1 aromatic carbocycles. The molecule has 1 heterocycles. The first-order chi connectivity index (χ1) is 11.9. The Balaban J connectivity index is 1.78. The summed E-state index contributed by atoms with van der Waals surface area (Å²) in [4.78, 5) is 28.0. The largest absolute Gasteiger partial charge is 0.353 e. The molecular formula is C18H27FN4O2. The molecule has 1 fully saturated rings. The number of anilines is 1. The zero-order chi connectivity index (χ0) is 18.4. The van der Waals surface area contributed by atoms with Crippen LogP contribution in [0.1, 0.15) is 25.8 Å². The number of nitrogens with one attached hydrogen (secondary N) is 2. The van der Waals surface area contributed by atoms with Crippen molar-refractivity contribution in [3.8, 4) is 0 Å². The predicted molar refractivity (Wildman–Crippen MR) is 96.1 cm³/mol. The molecule has 1 unspecified atom stereocenters. The van der Waals surface area contributed by atoms with Gasteiger partial charge in [0.1, 0.15) is 5.82 Å². The third-order valence-electron chi connectivity index (χ3n) is 4.46. The van der Waals surface area contributed by atoms with Crippen LogP contribution in [0.4, 0.5) is 14.9 Å². The van der Waals surface area contributed by atoms with Crippen molar-refractivity contribution in [2.45, 2.75) is 33.2 Å². The molecule has 0 aromatic heterocycles. The van der Waals surface area contributed by atoms with E-state index in [1.165, 1.54) is 6.07 Å². The maximum Gasteiger partial charge on any atom is 0.321 e. The molecule has 0 aliphatic carbocycles. The Kier molecular flexibility index (Phi) is 6.75. The van der Waals surface area contributed by atoms with E-state index in [9.17, 15) is 14.0 Å². The van der Waals surface area contributed by atoms with Crippen LogP contribution in [0.25, 0.3) is 0 Å². The van der Waals surface area contributed by atoms with Gasteiger partial charge >= 0.3 is 6.03 Å². The Morgan fingerprint density at radius 1 is 1.24 bits per heavy atom. The van der Waals surface area contributed by atoms with Gasteiger partial charge in [-0.2, -0.15) is 0 Å². The average Bonchev–Trinajstić information content (AvgIpc) is 2.58. The van der Waals surface area contributed by atoms with Crippen LogP contribution in [0.15, 0.2) is 18.2 Å². The fourth-order valence-corrected chi connectivity index (χ4v) is 2.66. The molecule has 0 spiro atoms. The number of urea groups is 1. The third-order valence-corrected chi connectivity index (χ3v) is 4.46. The first-order valence-corrected chi connectivity index (χ1v) is 8.72. The van der Waals surface area contributed by atoms with E-state index < -0.39 is 0 Å². The average molecular weight is 350 g/mol. The van der Waals surface area contributed by atoms with Gasteiger partial charge < -0.3 is 15.5 Å². The quantitative estimate of drug-likeness (QED) is 0.856. The molecule has 1 aromatic rings. The molecular weight excluding hydrogens is 323 g/mol. The van der Waals surface area contributed by atoms with E-state index in [1.54, 1.807) is 24.0 Å². The van der Waals surface area contributed by atoms with Gasteiger partial charge in [0, 0.05) is 37.9 Å². The molecule has 2 rings (SSSR count). The summed E-state index contributed by atoms with van der Waals surface area (Å²) in [7, 11) is 0. The molecule has 1 aliphatic heterocycles. The highest BCUT2D eigenvalue weighted by atomic mass is 19.1. The topological polar surface area (TPSA) is 64.7 Å². The van der Waals surface area contributed by atoms with Crippen molar-refractivity contribution >= 4 is 17.6 Å². The summed E-state index contributed by atoms with van der Waals surface area (Å²) >= 11 is 0. The summed E-state index contributed by atoms with van der Waals surface area (Å²) < 4.78 is 13.3. The van der Waals surface area contributed by atoms with Crippen molar-refractivity contribution in [3.63, 3.8) is 0 Å². The molecule has 1 saturated heterocycles. The summed E-state index contributed by atoms with van der Waals surface area (Å²) in [6, 6.07) is 4.49. The lowest BCUT2D eigenvalue weighted by Gasteiger charge is -2.34. The second-order valence-electron chi connectivity index (χ2n) is 6.53. The molecule has 6 nitrogen and oxygen atoms in total. The Morgan fingerprint density at radius 2 is 1.92 bits per heavy atom. The lowest BCUT2D eigenvalue weighted by molar-refractivity contribution is -0.123. The van der Waals surface area contributed by atoms with E-state index >= 15 is 0 Å². The maximum atomic E-state index is 13.3. The van der Waals surface area contributed by atoms with E-state index in [1.807, 2.05) is 18.7 Å². The molecule has 0 bridgehead atoms. The summed E-state index contributed by atoms with van der Waals surface area (Å²) in [5.41, 5.74) is 1.08. The Bertz CT molecular complexity index is 615. The van der Waals surface area contributed by atoms with Gasteiger partial charge in [-0.15, -0.1) is 0 Å². The van der Waals surface area contributed by atoms with Crippen LogP contribution in [0.3, 0.4) is 0 Å². The van der Waals surface area contributed by atoms with Crippen molar-refractivity contribution < 1.29 is 14.0 Å². The number of nitrogens with zero attached hydrogens (tertiary/aromatic N) is 2. The van der Waals surface area contributed by atoms with Gasteiger partial charge in [0.05, 0.1) is 6.54 Å². The predicted octanol–water partition coefficient (Wildman–Crippen LogP) is 2.20. The third kappa shape index (κ3) is 5.70. The molecule has 0 radical (unpaired) electrons. The van der Waals surface area contributed by atoms with Gasteiger partial charge in [-0.25, -0.2) is 9.18 Å². The van der Waals surface area contributed by atoms with Crippen LogP contribution >= 0.6 is 0 Å². The SMILES string of the molecule is CCC(C)NC(=O)CN1CCN(C(=O)Nc2ccc(F)c(C)c2)CC1. The van der Waals surface area contributed by atoms with E-state index in [0.717, 1.165) is 6.42 Å². The molecule has 1 atom stereocenters. The molecule has 138 valence electrons. The summed E-state index contributed by atoms with van der Waals surface area (Å²) in [5, 5.41) is 5.74. The second-order valence-corrected chi connectivity index (χ2v) is 6.53. The normalized spacial score (nSPS) is 16.4. The number of hydrogen-bond donors (Lipinski definition) is 2. The zero-order valence-corrected chi connectivity index (χ0v) is 15.1. The number of rotatable bonds is 5. The number of carbonyl (C=O) groups excluding carboxylic acids is 2. The van der Waals surface area contributed by atoms with Gasteiger partial charge in [0.2, 0.25) is 5.91 Å². The van der Waals surface area contributed by atoms with E-state index in [4.69, 9.17) is 0 Å². The maximum absolute atomic E-state index is 13.3. The van der Waals surface area contributed by atoms with Gasteiger partial charge in [-0.3, -0.25) is 9.69 Å². The monoisotopic (exact) mass is 350 g/mol. The Labute approximate surface area is 148 Å². The zero-order valence-electron chi connectivity index (χ0n) is 15.1. The lowest BCUT2D eigenvalue weighted by Crippen LogP contribution is -2.52. The highest BCUT2D eigenvalue weighted by Gasteiger charge is 2.22. The van der Waals surface area contributed by atoms with Crippen LogP contribution in [0.2, 0.25) is 0 Å². The van der Waals surface area contributed by atoms with Crippen LogP contribution in [-0.4, -0.2) is 60.5 Å². The van der Waals surface area contributed by atoms with Crippen molar-refractivity contribution in [3.05, 3.63) is 29.6 Å². The first-order valence-electron chi connectivity index (χ1n) is 8.72. The molecule has 1 aliphatic rings. The van der Waals surface area contributed by atoms with E-state index in [0.29, 0.717) is 44.0 Å². The smallest absolute Gasteiger partial charge is 0.321 e. The van der Waals surface area contributed by atoms with Crippen molar-refractivity contribution in [2.75, 3.05) is 38.0 Å². The number of piperazine rings is 1. The summed E-state index contributed by atoms with van der Waals surface area (Å²) in [5.74, 6) is -0.267.